The van der Waals surface area contributed by atoms with Crippen LogP contribution in [0.15, 0.2) is 36.4 Å². The van der Waals surface area contributed by atoms with Crippen molar-refractivity contribution in [1.29, 1.82) is 0 Å². The molecule has 0 bridgehead atoms. The molecule has 1 aliphatic rings. The first kappa shape index (κ1) is 16.1. The van der Waals surface area contributed by atoms with E-state index in [0.717, 1.165) is 33.5 Å². The molecule has 0 spiro atoms. The lowest BCUT2D eigenvalue weighted by atomic mass is 9.99. The van der Waals surface area contributed by atoms with Gasteiger partial charge >= 0.3 is 0 Å². The normalized spacial score (nSPS) is 20.0. The van der Waals surface area contributed by atoms with Crippen LogP contribution in [0, 0.1) is 6.92 Å². The Kier molecular flexibility index (Phi) is 3.80. The number of benzene rings is 2. The van der Waals surface area contributed by atoms with Crippen LogP contribution in [0.25, 0.3) is 11.1 Å². The fourth-order valence-electron chi connectivity index (χ4n) is 3.12. The Labute approximate surface area is 138 Å². The molecule has 0 fully saturated rings. The number of fused-ring (bicyclic) bond motifs is 1. The number of ether oxygens (including phenoxy) is 2. The van der Waals surface area contributed by atoms with Gasteiger partial charge in [0.25, 0.3) is 0 Å². The van der Waals surface area contributed by atoms with Gasteiger partial charge in [-0.15, -0.1) is 0 Å². The molecule has 1 atom stereocenters. The van der Waals surface area contributed by atoms with Crippen molar-refractivity contribution in [2.75, 3.05) is 13.5 Å². The second-order valence-electron chi connectivity index (χ2n) is 6.99. The second-order valence-corrected chi connectivity index (χ2v) is 10.5. The highest BCUT2D eigenvalue weighted by molar-refractivity contribution is 7.73. The molecule has 2 aromatic carbocycles. The summed E-state index contributed by atoms with van der Waals surface area (Å²) in [7, 11) is -1.01. The number of aryl methyl sites for hydroxylation is 1. The average Bonchev–Trinajstić information content (AvgIpc) is 2.86. The van der Waals surface area contributed by atoms with Gasteiger partial charge in [0.1, 0.15) is 17.8 Å². The van der Waals surface area contributed by atoms with Crippen molar-refractivity contribution < 1.29 is 14.0 Å². The molecule has 1 aliphatic heterocycles. The molecular formula is C19H23O3P. The summed E-state index contributed by atoms with van der Waals surface area (Å²) in [6.45, 7) is 8.13. The maximum Gasteiger partial charge on any atom is 0.160 e. The van der Waals surface area contributed by atoms with Gasteiger partial charge in [0.15, 0.2) is 7.14 Å². The van der Waals surface area contributed by atoms with Crippen molar-refractivity contribution in [3.8, 4) is 22.6 Å². The largest absolute Gasteiger partial charge is 0.496 e. The summed E-state index contributed by atoms with van der Waals surface area (Å²) in [4.78, 5) is 0. The van der Waals surface area contributed by atoms with E-state index >= 15 is 0 Å². The van der Waals surface area contributed by atoms with Crippen molar-refractivity contribution in [1.82, 2.24) is 0 Å². The van der Waals surface area contributed by atoms with Crippen LogP contribution in [0.3, 0.4) is 0 Å². The smallest absolute Gasteiger partial charge is 0.160 e. The van der Waals surface area contributed by atoms with E-state index in [-0.39, 0.29) is 11.5 Å². The monoisotopic (exact) mass is 330 g/mol. The van der Waals surface area contributed by atoms with E-state index in [2.05, 4.69) is 13.0 Å². The van der Waals surface area contributed by atoms with Gasteiger partial charge in [-0.3, -0.25) is 0 Å². The number of hydrogen-bond donors (Lipinski definition) is 0. The minimum atomic E-state index is -2.67. The molecule has 0 saturated heterocycles. The van der Waals surface area contributed by atoms with Gasteiger partial charge in [-0.25, -0.2) is 0 Å². The summed E-state index contributed by atoms with van der Waals surface area (Å²) >= 11 is 0. The summed E-state index contributed by atoms with van der Waals surface area (Å²) in [6, 6.07) is 11.9. The van der Waals surface area contributed by atoms with E-state index in [9.17, 15) is 4.57 Å². The lowest BCUT2D eigenvalue weighted by Gasteiger charge is -2.28. The topological polar surface area (TPSA) is 35.5 Å². The maximum absolute atomic E-state index is 13.8. The molecule has 23 heavy (non-hydrogen) atoms. The van der Waals surface area contributed by atoms with Gasteiger partial charge in [-0.05, 0) is 24.6 Å². The molecule has 0 amide bonds. The van der Waals surface area contributed by atoms with Crippen molar-refractivity contribution in [3.05, 3.63) is 42.0 Å². The molecule has 4 heteroatoms. The molecule has 3 rings (SSSR count). The minimum absolute atomic E-state index is 0.275. The van der Waals surface area contributed by atoms with Crippen LogP contribution in [0.5, 0.6) is 11.5 Å². The molecular weight excluding hydrogens is 307 g/mol. The number of rotatable bonds is 2. The fraction of sp³-hybridized carbons (Fsp3) is 0.368. The summed E-state index contributed by atoms with van der Waals surface area (Å²) in [5.74, 6) is 1.54. The average molecular weight is 330 g/mol. The predicted molar refractivity (Wildman–Crippen MR) is 95.7 cm³/mol. The van der Waals surface area contributed by atoms with Gasteiger partial charge in [0.2, 0.25) is 0 Å². The zero-order valence-electron chi connectivity index (χ0n) is 14.3. The highest BCUT2D eigenvalue weighted by Crippen LogP contribution is 2.63. The molecule has 0 aromatic heterocycles. The zero-order valence-corrected chi connectivity index (χ0v) is 15.2. The second kappa shape index (κ2) is 5.42. The first-order valence-corrected chi connectivity index (χ1v) is 9.68. The standard InChI is InChI=1S/C19H23O3P/c1-13-8-6-10-15(21-5)17(13)14-9-7-11-16-18(14)23(20,12-22-16)19(2,3)4/h6-11H,12H2,1-5H3/t23-/m0/s1. The molecule has 2 aromatic rings. The maximum atomic E-state index is 13.8. The Morgan fingerprint density at radius 1 is 1.13 bits per heavy atom. The van der Waals surface area contributed by atoms with Crippen molar-refractivity contribution in [3.63, 3.8) is 0 Å². The van der Waals surface area contributed by atoms with E-state index in [1.54, 1.807) is 7.11 Å². The van der Waals surface area contributed by atoms with Crippen molar-refractivity contribution in [2.45, 2.75) is 32.9 Å². The molecule has 0 aliphatic carbocycles. The van der Waals surface area contributed by atoms with Crippen LogP contribution in [0.2, 0.25) is 0 Å². The summed E-state index contributed by atoms with van der Waals surface area (Å²) in [5, 5.41) is 0.518. The first-order chi connectivity index (χ1) is 10.8. The highest BCUT2D eigenvalue weighted by atomic mass is 31.2. The molecule has 0 N–H and O–H groups in total. The molecule has 0 radical (unpaired) electrons. The van der Waals surface area contributed by atoms with Crippen molar-refractivity contribution in [2.24, 2.45) is 0 Å². The lowest BCUT2D eigenvalue weighted by Crippen LogP contribution is -2.23. The molecule has 0 saturated carbocycles. The Hall–Kier alpha value is -1.73. The third-order valence-corrected chi connectivity index (χ3v) is 8.41. The SMILES string of the molecule is COc1cccc(C)c1-c1cccc2c1[P@](=O)(C(C)(C)C)CO2. The fourth-order valence-corrected chi connectivity index (χ4v) is 5.70. The van der Waals surface area contributed by atoms with Gasteiger partial charge in [-0.2, -0.15) is 0 Å². The molecule has 0 unspecified atom stereocenters. The van der Waals surface area contributed by atoms with Gasteiger partial charge in [0, 0.05) is 16.3 Å². The quantitative estimate of drug-likeness (QED) is 0.742. The summed E-state index contributed by atoms with van der Waals surface area (Å²) in [6.07, 6.45) is 0.275. The Morgan fingerprint density at radius 3 is 2.48 bits per heavy atom. The first-order valence-electron chi connectivity index (χ1n) is 7.79. The van der Waals surface area contributed by atoms with Crippen LogP contribution in [-0.4, -0.2) is 18.6 Å². The minimum Gasteiger partial charge on any atom is -0.496 e. The van der Waals surface area contributed by atoms with E-state index in [0.29, 0.717) is 0 Å². The summed E-state index contributed by atoms with van der Waals surface area (Å²) < 4.78 is 25.2. The van der Waals surface area contributed by atoms with Crippen LogP contribution >= 0.6 is 7.14 Å². The highest BCUT2D eigenvalue weighted by Gasteiger charge is 2.46. The third kappa shape index (κ3) is 2.38. The Balaban J connectivity index is 2.35. The van der Waals surface area contributed by atoms with Gasteiger partial charge < -0.3 is 14.0 Å². The van der Waals surface area contributed by atoms with Gasteiger partial charge in [0.05, 0.1) is 12.4 Å². The van der Waals surface area contributed by atoms with E-state index in [1.807, 2.05) is 51.1 Å². The lowest BCUT2D eigenvalue weighted by molar-refractivity contribution is 0.389. The van der Waals surface area contributed by atoms with E-state index < -0.39 is 7.14 Å². The van der Waals surface area contributed by atoms with Gasteiger partial charge in [-0.1, -0.05) is 45.0 Å². The summed E-state index contributed by atoms with van der Waals surface area (Å²) in [5.41, 5.74) is 3.07. The Bertz CT molecular complexity index is 803. The predicted octanol–water partition coefficient (Wildman–Crippen LogP) is 4.81. The zero-order chi connectivity index (χ0) is 16.8. The van der Waals surface area contributed by atoms with Crippen LogP contribution in [0.4, 0.5) is 0 Å². The number of methoxy groups -OCH3 is 1. The van der Waals surface area contributed by atoms with E-state index in [1.165, 1.54) is 0 Å². The van der Waals surface area contributed by atoms with Crippen LogP contribution in [-0.2, 0) is 4.57 Å². The number of hydrogen-bond acceptors (Lipinski definition) is 3. The molecule has 1 heterocycles. The van der Waals surface area contributed by atoms with Crippen LogP contribution in [0.1, 0.15) is 26.3 Å². The molecule has 3 nitrogen and oxygen atoms in total. The van der Waals surface area contributed by atoms with Crippen molar-refractivity contribution >= 4 is 12.4 Å². The Morgan fingerprint density at radius 2 is 1.83 bits per heavy atom. The van der Waals surface area contributed by atoms with E-state index in [4.69, 9.17) is 9.47 Å². The van der Waals surface area contributed by atoms with Crippen LogP contribution < -0.4 is 14.8 Å². The molecule has 122 valence electrons. The third-order valence-electron chi connectivity index (χ3n) is 4.57.